The molecule has 0 saturated carbocycles. The van der Waals surface area contributed by atoms with Gasteiger partial charge in [0.1, 0.15) is 0 Å². The lowest BCUT2D eigenvalue weighted by Crippen LogP contribution is -2.10. The van der Waals surface area contributed by atoms with Crippen LogP contribution < -0.4 is 4.90 Å². The molecule has 0 saturated heterocycles. The van der Waals surface area contributed by atoms with Gasteiger partial charge in [-0.3, -0.25) is 0 Å². The molecule has 0 amide bonds. The normalized spacial score (nSPS) is 12.1. The molecule has 0 bridgehead atoms. The zero-order valence-corrected chi connectivity index (χ0v) is 29.2. The Morgan fingerprint density at radius 3 is 1.79 bits per heavy atom. The summed E-state index contributed by atoms with van der Waals surface area (Å²) in [5.74, 6) is 0. The summed E-state index contributed by atoms with van der Waals surface area (Å²) < 4.78 is 2.35. The van der Waals surface area contributed by atoms with Gasteiger partial charge in [0, 0.05) is 33.5 Å². The van der Waals surface area contributed by atoms with E-state index in [1.807, 2.05) is 36.4 Å². The van der Waals surface area contributed by atoms with E-state index in [4.69, 9.17) is 0 Å². The Bertz CT molecular complexity index is 2760. The summed E-state index contributed by atoms with van der Waals surface area (Å²) in [6.07, 6.45) is 4.73. The topological polar surface area (TPSA) is 32.0 Å². The van der Waals surface area contributed by atoms with E-state index >= 15 is 0 Å². The van der Waals surface area contributed by atoms with Gasteiger partial charge >= 0.3 is 0 Å². The van der Waals surface area contributed by atoms with Crippen molar-refractivity contribution in [2.45, 2.75) is 6.42 Å². The van der Waals surface area contributed by atoms with Gasteiger partial charge in [-0.15, -0.1) is 0 Å². The molecule has 3 nitrogen and oxygen atoms in total. The number of aromatic nitrogens is 1. The zero-order valence-electron chi connectivity index (χ0n) is 29.2. The molecular formula is C50H35N3. The second-order valence-corrected chi connectivity index (χ2v) is 13.4. The summed E-state index contributed by atoms with van der Waals surface area (Å²) in [7, 11) is 0. The van der Waals surface area contributed by atoms with E-state index in [0.29, 0.717) is 5.56 Å². The third kappa shape index (κ3) is 5.55. The Morgan fingerprint density at radius 1 is 0.547 bits per heavy atom. The fraction of sp³-hybridized carbons (Fsp3) is 0.0200. The molecule has 9 rings (SSSR count). The van der Waals surface area contributed by atoms with Crippen molar-refractivity contribution < 1.29 is 0 Å². The second kappa shape index (κ2) is 13.2. The molecular weight excluding hydrogens is 643 g/mol. The fourth-order valence-corrected chi connectivity index (χ4v) is 7.82. The highest BCUT2D eigenvalue weighted by Crippen LogP contribution is 2.42. The number of allylic oxidation sites excluding steroid dienone is 4. The lowest BCUT2D eigenvalue weighted by Gasteiger charge is -2.26. The van der Waals surface area contributed by atoms with Crippen LogP contribution in [0.5, 0.6) is 0 Å². The van der Waals surface area contributed by atoms with Crippen LogP contribution in [0.2, 0.25) is 0 Å². The van der Waals surface area contributed by atoms with Gasteiger partial charge in [0.15, 0.2) is 0 Å². The lowest BCUT2D eigenvalue weighted by molar-refractivity contribution is 1.18. The Hall–Kier alpha value is -7.15. The molecule has 0 aliphatic heterocycles. The molecule has 3 heteroatoms. The predicted molar refractivity (Wildman–Crippen MR) is 222 cm³/mol. The summed E-state index contributed by atoms with van der Waals surface area (Å²) >= 11 is 0. The maximum absolute atomic E-state index is 9.26. The van der Waals surface area contributed by atoms with Crippen LogP contribution in [0.25, 0.3) is 55.3 Å². The molecule has 1 aromatic heterocycles. The van der Waals surface area contributed by atoms with Crippen molar-refractivity contribution in [3.05, 3.63) is 211 Å². The standard InChI is InChI=1S/C50H35N3/c1-3-35-30-40-31-44(27-28-46(40)45(35)4-2)52(42-23-18-37(19-24-42)36-16-14-34(33-51)15-17-36)43-25-20-38(21-26-43)39-22-29-50-48(32-39)47-12-8-9-13-49(47)53(50)41-10-6-5-7-11-41/h3-29,31-32H,1-2,30H2. The van der Waals surface area contributed by atoms with E-state index in [0.717, 1.165) is 51.4 Å². The minimum Gasteiger partial charge on any atom is -0.310 e. The van der Waals surface area contributed by atoms with Crippen LogP contribution in [0, 0.1) is 11.3 Å². The largest absolute Gasteiger partial charge is 0.310 e. The van der Waals surface area contributed by atoms with Crippen LogP contribution in [0.1, 0.15) is 16.7 Å². The number of nitrogens with zero attached hydrogens (tertiary/aromatic N) is 3. The smallest absolute Gasteiger partial charge is 0.0991 e. The molecule has 8 aromatic rings. The fourth-order valence-electron chi connectivity index (χ4n) is 7.82. The van der Waals surface area contributed by atoms with Crippen LogP contribution >= 0.6 is 0 Å². The highest BCUT2D eigenvalue weighted by atomic mass is 15.1. The molecule has 0 spiro atoms. The molecule has 1 aliphatic carbocycles. The van der Waals surface area contributed by atoms with Crippen LogP contribution in [0.15, 0.2) is 195 Å². The average Bonchev–Trinajstić information content (AvgIpc) is 3.76. The number of hydrogen-bond donors (Lipinski definition) is 0. The van der Waals surface area contributed by atoms with Gasteiger partial charge in [-0.2, -0.15) is 5.26 Å². The van der Waals surface area contributed by atoms with Gasteiger partial charge in [0.05, 0.1) is 22.7 Å². The maximum Gasteiger partial charge on any atom is 0.0991 e. The van der Waals surface area contributed by atoms with Crippen LogP contribution in [0.4, 0.5) is 17.1 Å². The summed E-state index contributed by atoms with van der Waals surface area (Å²) in [6, 6.07) is 60.3. The van der Waals surface area contributed by atoms with E-state index in [1.165, 1.54) is 44.1 Å². The number of fused-ring (bicyclic) bond motifs is 4. The van der Waals surface area contributed by atoms with Gasteiger partial charge in [-0.05, 0) is 130 Å². The summed E-state index contributed by atoms with van der Waals surface area (Å²) in [6.45, 7) is 8.15. The molecule has 7 aromatic carbocycles. The minimum absolute atomic E-state index is 0.657. The van der Waals surface area contributed by atoms with Gasteiger partial charge in [0.2, 0.25) is 0 Å². The van der Waals surface area contributed by atoms with Crippen molar-refractivity contribution in [3.63, 3.8) is 0 Å². The number of hydrogen-bond acceptors (Lipinski definition) is 2. The predicted octanol–water partition coefficient (Wildman–Crippen LogP) is 13.1. The third-order valence-electron chi connectivity index (χ3n) is 10.4. The quantitative estimate of drug-likeness (QED) is 0.160. The SMILES string of the molecule is C=CC1=C(C=C)c2ccc(N(c3ccc(-c4ccc(C#N)cc4)cc3)c3ccc(-c4ccc5c(c4)c4ccccc4n5-c4ccccc4)cc3)cc2C1. The molecule has 0 N–H and O–H groups in total. The van der Waals surface area contributed by atoms with E-state index in [9.17, 15) is 5.26 Å². The Kier molecular flexibility index (Phi) is 7.92. The van der Waals surface area contributed by atoms with Crippen molar-refractivity contribution in [1.29, 1.82) is 5.26 Å². The van der Waals surface area contributed by atoms with Gasteiger partial charge < -0.3 is 9.47 Å². The van der Waals surface area contributed by atoms with Gasteiger partial charge in [-0.1, -0.05) is 110 Å². The highest BCUT2D eigenvalue weighted by molar-refractivity contribution is 6.10. The van der Waals surface area contributed by atoms with Crippen LogP contribution in [-0.2, 0) is 6.42 Å². The minimum atomic E-state index is 0.657. The van der Waals surface area contributed by atoms with Crippen LogP contribution in [0.3, 0.4) is 0 Å². The third-order valence-corrected chi connectivity index (χ3v) is 10.4. The monoisotopic (exact) mass is 677 g/mol. The molecule has 250 valence electrons. The number of nitriles is 1. The Balaban J connectivity index is 1.11. The van der Waals surface area contributed by atoms with Gasteiger partial charge in [-0.25, -0.2) is 0 Å². The first-order valence-corrected chi connectivity index (χ1v) is 17.8. The number of para-hydroxylation sites is 2. The van der Waals surface area contributed by atoms with Gasteiger partial charge in [0.25, 0.3) is 0 Å². The average molecular weight is 678 g/mol. The number of anilines is 3. The molecule has 53 heavy (non-hydrogen) atoms. The molecule has 1 heterocycles. The lowest BCUT2D eigenvalue weighted by atomic mass is 10.0. The first-order chi connectivity index (χ1) is 26.1. The maximum atomic E-state index is 9.26. The van der Waals surface area contributed by atoms with E-state index in [-0.39, 0.29) is 0 Å². The Morgan fingerprint density at radius 2 is 1.13 bits per heavy atom. The number of benzene rings is 7. The highest BCUT2D eigenvalue weighted by Gasteiger charge is 2.21. The van der Waals surface area contributed by atoms with Crippen LogP contribution in [-0.4, -0.2) is 4.57 Å². The van der Waals surface area contributed by atoms with Crippen molar-refractivity contribution in [2.75, 3.05) is 4.90 Å². The van der Waals surface area contributed by atoms with E-state index in [2.05, 4.69) is 168 Å². The second-order valence-electron chi connectivity index (χ2n) is 13.4. The summed E-state index contributed by atoms with van der Waals surface area (Å²) in [5.41, 5.74) is 16.8. The number of rotatable bonds is 8. The Labute approximate surface area is 309 Å². The molecule has 0 fully saturated rings. The van der Waals surface area contributed by atoms with E-state index < -0.39 is 0 Å². The van der Waals surface area contributed by atoms with Crippen molar-refractivity contribution >= 4 is 44.4 Å². The molecule has 0 radical (unpaired) electrons. The molecule has 1 aliphatic rings. The van der Waals surface area contributed by atoms with Crippen molar-refractivity contribution in [1.82, 2.24) is 4.57 Å². The summed E-state index contributed by atoms with van der Waals surface area (Å²) in [4.78, 5) is 2.32. The first kappa shape index (κ1) is 31.8. The van der Waals surface area contributed by atoms with Crippen molar-refractivity contribution in [2.24, 2.45) is 0 Å². The zero-order chi connectivity index (χ0) is 35.9. The summed E-state index contributed by atoms with van der Waals surface area (Å²) in [5, 5.41) is 11.7. The van der Waals surface area contributed by atoms with E-state index in [1.54, 1.807) is 0 Å². The first-order valence-electron chi connectivity index (χ1n) is 17.8. The molecule has 0 atom stereocenters. The van der Waals surface area contributed by atoms with Crippen molar-refractivity contribution in [3.8, 4) is 34.0 Å². The molecule has 0 unspecified atom stereocenters.